The fraction of sp³-hybridized carbons (Fsp3) is 0.500. The number of hydrogen-bond donors (Lipinski definition) is 3. The molecule has 1 unspecified atom stereocenters. The molecule has 0 saturated carbocycles. The number of carbonyl (C=O) groups is 1. The molecule has 1 aliphatic heterocycles. The monoisotopic (exact) mass is 263 g/mol. The highest BCUT2D eigenvalue weighted by atomic mass is 16.3. The van der Waals surface area contributed by atoms with Crippen LogP contribution in [-0.2, 0) is 17.8 Å². The van der Waals surface area contributed by atoms with Gasteiger partial charge in [-0.1, -0.05) is 12.1 Å². The van der Waals surface area contributed by atoms with Crippen molar-refractivity contribution in [3.63, 3.8) is 0 Å². The largest absolute Gasteiger partial charge is 0.382 e. The van der Waals surface area contributed by atoms with Crippen molar-refractivity contribution in [3.8, 4) is 0 Å². The van der Waals surface area contributed by atoms with Gasteiger partial charge >= 0.3 is 0 Å². The number of hydrogen-bond acceptors (Lipinski definition) is 4. The summed E-state index contributed by atoms with van der Waals surface area (Å²) in [5, 5.41) is 12.3. The van der Waals surface area contributed by atoms with E-state index < -0.39 is 12.0 Å². The van der Waals surface area contributed by atoms with Gasteiger partial charge in [-0.25, -0.2) is 0 Å². The van der Waals surface area contributed by atoms with Crippen LogP contribution >= 0.6 is 0 Å². The number of aryl methyl sites for hydroxylation is 1. The van der Waals surface area contributed by atoms with Gasteiger partial charge in [0.05, 0.1) is 0 Å². The van der Waals surface area contributed by atoms with Crippen LogP contribution in [0.4, 0.5) is 5.69 Å². The smallest absolute Gasteiger partial charge is 0.247 e. The lowest BCUT2D eigenvalue weighted by Crippen LogP contribution is -2.37. The van der Waals surface area contributed by atoms with Crippen LogP contribution in [0.1, 0.15) is 17.5 Å². The normalized spacial score (nSPS) is 16.0. The minimum absolute atomic E-state index is 0.187. The summed E-state index contributed by atoms with van der Waals surface area (Å²) in [6.45, 7) is 1.92. The SMILES string of the molecule is CN1CCCc2cc(CNCC(O)C(N)=O)ccc21. The number of nitrogens with zero attached hydrogens (tertiary/aromatic N) is 1. The first kappa shape index (κ1) is 13.8. The highest BCUT2D eigenvalue weighted by Crippen LogP contribution is 2.26. The molecule has 1 amide bonds. The number of carbonyl (C=O) groups excluding carboxylic acids is 1. The van der Waals surface area contributed by atoms with Crippen LogP contribution in [0, 0.1) is 0 Å². The van der Waals surface area contributed by atoms with Crippen LogP contribution in [0.3, 0.4) is 0 Å². The maximum absolute atomic E-state index is 10.7. The van der Waals surface area contributed by atoms with Crippen molar-refractivity contribution in [3.05, 3.63) is 29.3 Å². The lowest BCUT2D eigenvalue weighted by molar-refractivity contribution is -0.125. The van der Waals surface area contributed by atoms with Crippen LogP contribution in [-0.4, -0.2) is 37.3 Å². The Morgan fingerprint density at radius 2 is 2.37 bits per heavy atom. The van der Waals surface area contributed by atoms with E-state index in [4.69, 9.17) is 5.73 Å². The van der Waals surface area contributed by atoms with Crippen molar-refractivity contribution in [2.75, 3.05) is 25.0 Å². The van der Waals surface area contributed by atoms with E-state index in [1.165, 1.54) is 17.7 Å². The fourth-order valence-corrected chi connectivity index (χ4v) is 2.40. The minimum Gasteiger partial charge on any atom is -0.382 e. The predicted molar refractivity (Wildman–Crippen MR) is 74.9 cm³/mol. The molecule has 104 valence electrons. The Kier molecular flexibility index (Phi) is 4.39. The summed E-state index contributed by atoms with van der Waals surface area (Å²) >= 11 is 0. The quantitative estimate of drug-likeness (QED) is 0.699. The highest BCUT2D eigenvalue weighted by molar-refractivity contribution is 5.78. The predicted octanol–water partition coefficient (Wildman–Crippen LogP) is 0.00480. The van der Waals surface area contributed by atoms with Gasteiger partial charge in [-0.15, -0.1) is 0 Å². The summed E-state index contributed by atoms with van der Waals surface area (Å²) in [4.78, 5) is 13.0. The van der Waals surface area contributed by atoms with Crippen molar-refractivity contribution >= 4 is 11.6 Å². The van der Waals surface area contributed by atoms with E-state index in [0.717, 1.165) is 18.5 Å². The number of anilines is 1. The fourth-order valence-electron chi connectivity index (χ4n) is 2.40. The molecule has 0 fully saturated rings. The summed E-state index contributed by atoms with van der Waals surface area (Å²) in [6.07, 6.45) is 1.17. The Morgan fingerprint density at radius 3 is 3.11 bits per heavy atom. The third-order valence-corrected chi connectivity index (χ3v) is 3.49. The molecule has 1 aromatic carbocycles. The summed E-state index contributed by atoms with van der Waals surface area (Å²) in [6, 6.07) is 6.40. The number of aliphatic hydroxyl groups excluding tert-OH is 1. The molecule has 0 radical (unpaired) electrons. The van der Waals surface area contributed by atoms with Gasteiger partial charge in [0.25, 0.3) is 0 Å². The van der Waals surface area contributed by atoms with Crippen molar-refractivity contribution in [2.45, 2.75) is 25.5 Å². The number of aliphatic hydroxyl groups is 1. The topological polar surface area (TPSA) is 78.6 Å². The van der Waals surface area contributed by atoms with Crippen LogP contribution in [0.5, 0.6) is 0 Å². The molecular formula is C14H21N3O2. The van der Waals surface area contributed by atoms with Gasteiger partial charge in [0.1, 0.15) is 6.10 Å². The molecule has 5 nitrogen and oxygen atoms in total. The third kappa shape index (κ3) is 3.45. The number of amides is 1. The van der Waals surface area contributed by atoms with Gasteiger partial charge in [-0.3, -0.25) is 4.79 Å². The second-order valence-electron chi connectivity index (χ2n) is 5.04. The first-order valence-electron chi connectivity index (χ1n) is 6.59. The Labute approximate surface area is 113 Å². The molecule has 1 heterocycles. The molecular weight excluding hydrogens is 242 g/mol. The zero-order valence-electron chi connectivity index (χ0n) is 11.2. The van der Waals surface area contributed by atoms with Gasteiger partial charge in [0, 0.05) is 32.4 Å². The summed E-state index contributed by atoms with van der Waals surface area (Å²) < 4.78 is 0. The molecule has 4 N–H and O–H groups in total. The number of fused-ring (bicyclic) bond motifs is 1. The van der Waals surface area contributed by atoms with Gasteiger partial charge < -0.3 is 21.1 Å². The second-order valence-corrected chi connectivity index (χ2v) is 5.04. The molecule has 19 heavy (non-hydrogen) atoms. The zero-order valence-corrected chi connectivity index (χ0v) is 11.2. The standard InChI is InChI=1S/C14H21N3O2/c1-17-6-2-3-11-7-10(4-5-12(11)17)8-16-9-13(18)14(15)19/h4-5,7,13,16,18H,2-3,6,8-9H2,1H3,(H2,15,19). The van der Waals surface area contributed by atoms with Crippen LogP contribution in [0.25, 0.3) is 0 Å². The summed E-state index contributed by atoms with van der Waals surface area (Å²) in [5.41, 5.74) is 8.81. The number of primary amides is 1. The van der Waals surface area contributed by atoms with E-state index in [9.17, 15) is 9.90 Å². The molecule has 0 aliphatic carbocycles. The second kappa shape index (κ2) is 6.04. The van der Waals surface area contributed by atoms with E-state index in [1.807, 2.05) is 0 Å². The highest BCUT2D eigenvalue weighted by Gasteiger charge is 2.14. The Balaban J connectivity index is 1.93. The lowest BCUT2D eigenvalue weighted by Gasteiger charge is -2.27. The average molecular weight is 263 g/mol. The lowest BCUT2D eigenvalue weighted by atomic mass is 9.99. The number of nitrogens with two attached hydrogens (primary N) is 1. The van der Waals surface area contributed by atoms with Gasteiger partial charge in [0.2, 0.25) is 5.91 Å². The summed E-state index contributed by atoms with van der Waals surface area (Å²) in [7, 11) is 2.11. The molecule has 0 aromatic heterocycles. The molecule has 0 bridgehead atoms. The molecule has 1 aromatic rings. The Morgan fingerprint density at radius 1 is 1.58 bits per heavy atom. The van der Waals surface area contributed by atoms with E-state index in [1.54, 1.807) is 0 Å². The Hall–Kier alpha value is -1.59. The molecule has 1 atom stereocenters. The van der Waals surface area contributed by atoms with Gasteiger partial charge in [-0.2, -0.15) is 0 Å². The van der Waals surface area contributed by atoms with E-state index in [-0.39, 0.29) is 6.54 Å². The summed E-state index contributed by atoms with van der Waals surface area (Å²) in [5.74, 6) is -0.695. The molecule has 5 heteroatoms. The third-order valence-electron chi connectivity index (χ3n) is 3.49. The number of benzene rings is 1. The Bertz CT molecular complexity index is 462. The van der Waals surface area contributed by atoms with E-state index in [0.29, 0.717) is 6.54 Å². The molecule has 0 saturated heterocycles. The molecule has 1 aliphatic rings. The minimum atomic E-state index is -1.12. The van der Waals surface area contributed by atoms with Crippen LogP contribution in [0.15, 0.2) is 18.2 Å². The van der Waals surface area contributed by atoms with Crippen molar-refractivity contribution in [1.29, 1.82) is 0 Å². The van der Waals surface area contributed by atoms with E-state index in [2.05, 4.69) is 35.5 Å². The zero-order chi connectivity index (χ0) is 13.8. The molecule has 2 rings (SSSR count). The van der Waals surface area contributed by atoms with Crippen LogP contribution < -0.4 is 16.0 Å². The van der Waals surface area contributed by atoms with E-state index >= 15 is 0 Å². The van der Waals surface area contributed by atoms with Gasteiger partial charge in [0.15, 0.2) is 0 Å². The first-order valence-corrected chi connectivity index (χ1v) is 6.59. The number of rotatable bonds is 5. The molecule has 0 spiro atoms. The maximum Gasteiger partial charge on any atom is 0.247 e. The van der Waals surface area contributed by atoms with Crippen LogP contribution in [0.2, 0.25) is 0 Å². The average Bonchev–Trinajstić information content (AvgIpc) is 2.38. The van der Waals surface area contributed by atoms with Gasteiger partial charge in [-0.05, 0) is 30.0 Å². The number of nitrogens with one attached hydrogen (secondary N) is 1. The van der Waals surface area contributed by atoms with Crippen molar-refractivity contribution < 1.29 is 9.90 Å². The van der Waals surface area contributed by atoms with Crippen molar-refractivity contribution in [2.24, 2.45) is 5.73 Å². The van der Waals surface area contributed by atoms with Crippen molar-refractivity contribution in [1.82, 2.24) is 5.32 Å². The first-order chi connectivity index (χ1) is 9.08. The maximum atomic E-state index is 10.7.